The second kappa shape index (κ2) is 10.1. The van der Waals surface area contributed by atoms with E-state index < -0.39 is 48.3 Å². The van der Waals surface area contributed by atoms with Gasteiger partial charge in [-0.1, -0.05) is 51.5 Å². The van der Waals surface area contributed by atoms with Gasteiger partial charge in [-0.05, 0) is 22.0 Å². The summed E-state index contributed by atoms with van der Waals surface area (Å²) in [5.74, 6) is 0. The summed E-state index contributed by atoms with van der Waals surface area (Å²) < 4.78 is 45.7. The maximum absolute atomic E-state index is 13.0. The zero-order chi connectivity index (χ0) is 24.8. The zero-order valence-corrected chi connectivity index (χ0v) is 21.1. The van der Waals surface area contributed by atoms with Crippen LogP contribution in [0.3, 0.4) is 0 Å². The van der Waals surface area contributed by atoms with Gasteiger partial charge in [0.15, 0.2) is 10.8 Å². The molecule has 4 heterocycles. The predicted molar refractivity (Wildman–Crippen MR) is 121 cm³/mol. The summed E-state index contributed by atoms with van der Waals surface area (Å²) >= 11 is 16.6. The van der Waals surface area contributed by atoms with Crippen molar-refractivity contribution in [2.45, 2.75) is 40.9 Å². The van der Waals surface area contributed by atoms with Crippen molar-refractivity contribution in [2.24, 2.45) is 0 Å². The third-order valence-electron chi connectivity index (χ3n) is 4.77. The van der Waals surface area contributed by atoms with Crippen LogP contribution < -0.4 is 0 Å². The molecule has 0 amide bonds. The lowest BCUT2D eigenvalue weighted by Gasteiger charge is -2.41. The number of thioether (sulfide) groups is 1. The molecule has 1 saturated heterocycles. The minimum absolute atomic E-state index is 0.0930. The number of pyridine rings is 1. The van der Waals surface area contributed by atoms with Crippen LogP contribution in [0.4, 0.5) is 13.2 Å². The van der Waals surface area contributed by atoms with E-state index in [0.717, 1.165) is 29.3 Å². The second-order valence-corrected chi connectivity index (χ2v) is 11.0. The van der Waals surface area contributed by atoms with Crippen molar-refractivity contribution in [1.82, 2.24) is 25.0 Å². The first-order valence-corrected chi connectivity index (χ1v) is 12.5. The van der Waals surface area contributed by atoms with Crippen molar-refractivity contribution in [3.05, 3.63) is 38.1 Å². The molecular weight excluding hydrogens is 610 g/mol. The highest BCUT2D eigenvalue weighted by Crippen LogP contribution is 2.41. The average Bonchev–Trinajstić information content (AvgIpc) is 3.36. The quantitative estimate of drug-likeness (QED) is 0.391. The van der Waals surface area contributed by atoms with Gasteiger partial charge < -0.3 is 20.1 Å². The monoisotopic (exact) mass is 621 g/mol. The van der Waals surface area contributed by atoms with E-state index in [1.807, 2.05) is 0 Å². The van der Waals surface area contributed by atoms with Gasteiger partial charge in [-0.2, -0.15) is 13.2 Å². The van der Waals surface area contributed by atoms with E-state index in [1.165, 1.54) is 16.9 Å². The highest BCUT2D eigenvalue weighted by Gasteiger charge is 2.46. The summed E-state index contributed by atoms with van der Waals surface area (Å²) in [6.07, 6.45) is -6.13. The Morgan fingerprint density at radius 1 is 1.26 bits per heavy atom. The maximum atomic E-state index is 13.0. The number of rotatable bonds is 5. The Labute approximate surface area is 216 Å². The lowest BCUT2D eigenvalue weighted by molar-refractivity contribution is -0.178. The van der Waals surface area contributed by atoms with Crippen LogP contribution in [0, 0.1) is 0 Å². The molecule has 17 heteroatoms. The van der Waals surface area contributed by atoms with Crippen LogP contribution in [0.1, 0.15) is 11.7 Å². The third-order valence-corrected chi connectivity index (χ3v) is 8.25. The molecule has 3 aromatic rings. The van der Waals surface area contributed by atoms with Crippen LogP contribution in [0.15, 0.2) is 27.8 Å². The molecule has 184 valence electrons. The number of aromatic nitrogens is 5. The van der Waals surface area contributed by atoms with Crippen LogP contribution in [0.5, 0.6) is 0 Å². The average molecular weight is 623 g/mol. The molecule has 0 unspecified atom stereocenters. The lowest BCUT2D eigenvalue weighted by atomic mass is 9.97. The van der Waals surface area contributed by atoms with Crippen molar-refractivity contribution in [2.75, 3.05) is 6.61 Å². The number of alkyl halides is 3. The molecule has 0 aromatic carbocycles. The van der Waals surface area contributed by atoms with Gasteiger partial charge in [-0.15, -0.1) is 5.10 Å². The highest BCUT2D eigenvalue weighted by molar-refractivity contribution is 9.10. The number of nitrogens with zero attached hydrogens (tertiary/aromatic N) is 5. The van der Waals surface area contributed by atoms with Gasteiger partial charge in [0, 0.05) is 15.6 Å². The van der Waals surface area contributed by atoms with Crippen LogP contribution in [-0.4, -0.2) is 70.6 Å². The Balaban J connectivity index is 1.60. The molecule has 0 bridgehead atoms. The van der Waals surface area contributed by atoms with Crippen molar-refractivity contribution in [3.63, 3.8) is 0 Å². The molecule has 0 saturated carbocycles. The number of thiazole rings is 1. The molecular formula is C17H13BrCl2F3N5O4S2. The molecule has 34 heavy (non-hydrogen) atoms. The first-order chi connectivity index (χ1) is 16.0. The van der Waals surface area contributed by atoms with E-state index in [1.54, 1.807) is 0 Å². The standard InChI is InChI=1S/C17H13BrCl2F3N5O4S2/c18-6-1-5(2-24-12(6)17(21,22)23)33-16-11(31)9(10(30)8(4-29)32-16)28-3-7(26-27-28)15-25-13(19)14(20)34-15/h1-3,8-11,16,29-31H,4H2/t8-,9+,10+,11-,16-/m1/s1. The van der Waals surface area contributed by atoms with Gasteiger partial charge in [0.25, 0.3) is 0 Å². The highest BCUT2D eigenvalue weighted by atomic mass is 79.9. The van der Waals surface area contributed by atoms with Crippen LogP contribution in [-0.2, 0) is 10.9 Å². The fourth-order valence-electron chi connectivity index (χ4n) is 3.22. The molecule has 1 aliphatic heterocycles. The van der Waals surface area contributed by atoms with Gasteiger partial charge in [0.2, 0.25) is 0 Å². The Morgan fingerprint density at radius 3 is 2.59 bits per heavy atom. The van der Waals surface area contributed by atoms with Crippen molar-refractivity contribution in [1.29, 1.82) is 0 Å². The largest absolute Gasteiger partial charge is 0.434 e. The first kappa shape index (κ1) is 26.0. The number of halogens is 6. The molecule has 1 aliphatic rings. The number of hydrogen-bond donors (Lipinski definition) is 3. The summed E-state index contributed by atoms with van der Waals surface area (Å²) in [6.45, 7) is -0.588. The number of aliphatic hydroxyl groups excluding tert-OH is 3. The molecule has 3 aromatic heterocycles. The fourth-order valence-corrected chi connectivity index (χ4v) is 6.16. The minimum Gasteiger partial charge on any atom is -0.394 e. The van der Waals surface area contributed by atoms with Gasteiger partial charge >= 0.3 is 6.18 Å². The molecule has 1 fully saturated rings. The molecule has 4 rings (SSSR count). The van der Waals surface area contributed by atoms with Crippen molar-refractivity contribution in [3.8, 4) is 10.7 Å². The van der Waals surface area contributed by atoms with E-state index in [4.69, 9.17) is 27.9 Å². The number of ether oxygens (including phenoxy) is 1. The smallest absolute Gasteiger partial charge is 0.394 e. The number of hydrogen-bond acceptors (Lipinski definition) is 10. The SMILES string of the molecule is OC[C@H]1O[C@H](Sc2cnc(C(F)(F)F)c(Br)c2)[C@H](O)[C@@H](n2cc(-c3nc(Cl)c(Cl)s3)nn2)[C@H]1O. The second-order valence-electron chi connectivity index (χ2n) is 6.98. The summed E-state index contributed by atoms with van der Waals surface area (Å²) in [7, 11) is 0. The lowest BCUT2D eigenvalue weighted by Crippen LogP contribution is -2.55. The van der Waals surface area contributed by atoms with E-state index in [9.17, 15) is 28.5 Å². The Hall–Kier alpha value is -1.04. The summed E-state index contributed by atoms with van der Waals surface area (Å²) in [5, 5.41) is 39.7. The third kappa shape index (κ3) is 5.22. The molecule has 3 N–H and O–H groups in total. The first-order valence-electron chi connectivity index (χ1n) is 9.25. The Bertz CT molecular complexity index is 1170. The molecule has 5 atom stereocenters. The molecule has 0 spiro atoms. The minimum atomic E-state index is -4.64. The van der Waals surface area contributed by atoms with Crippen LogP contribution in [0.25, 0.3) is 10.7 Å². The molecule has 9 nitrogen and oxygen atoms in total. The van der Waals surface area contributed by atoms with Crippen LogP contribution in [0.2, 0.25) is 9.49 Å². The summed E-state index contributed by atoms with van der Waals surface area (Å²) in [6, 6.07) is 0.0788. The predicted octanol–water partition coefficient (Wildman–Crippen LogP) is 3.66. The van der Waals surface area contributed by atoms with Crippen molar-refractivity contribution >= 4 is 62.2 Å². The van der Waals surface area contributed by atoms with E-state index in [2.05, 4.69) is 36.2 Å². The van der Waals surface area contributed by atoms with Crippen molar-refractivity contribution < 1.29 is 33.2 Å². The van der Waals surface area contributed by atoms with Gasteiger partial charge in [-0.25, -0.2) is 14.6 Å². The molecule has 0 aliphatic carbocycles. The van der Waals surface area contributed by atoms with Gasteiger partial charge in [-0.3, -0.25) is 0 Å². The summed E-state index contributed by atoms with van der Waals surface area (Å²) in [4.78, 5) is 7.75. The van der Waals surface area contributed by atoms with Gasteiger partial charge in [0.1, 0.15) is 44.8 Å². The van der Waals surface area contributed by atoms with E-state index >= 15 is 0 Å². The maximum Gasteiger partial charge on any atom is 0.434 e. The normalized spacial score (nSPS) is 25.6. The van der Waals surface area contributed by atoms with Gasteiger partial charge in [0.05, 0.1) is 12.8 Å². The number of aliphatic hydroxyl groups is 3. The topological polar surface area (TPSA) is 126 Å². The summed E-state index contributed by atoms with van der Waals surface area (Å²) in [5.41, 5.74) is -1.90. The Kier molecular flexibility index (Phi) is 7.77. The van der Waals surface area contributed by atoms with E-state index in [-0.39, 0.29) is 24.6 Å². The Morgan fingerprint density at radius 2 is 2.00 bits per heavy atom. The molecule has 0 radical (unpaired) electrons. The van der Waals surface area contributed by atoms with Crippen LogP contribution >= 0.6 is 62.2 Å². The van der Waals surface area contributed by atoms with E-state index in [0.29, 0.717) is 5.01 Å². The zero-order valence-electron chi connectivity index (χ0n) is 16.4. The fraction of sp³-hybridized carbons (Fsp3) is 0.412.